The van der Waals surface area contributed by atoms with Crippen LogP contribution in [-0.2, 0) is 16.4 Å². The van der Waals surface area contributed by atoms with Gasteiger partial charge in [-0.1, -0.05) is 12.1 Å². The molecule has 2 aromatic carbocycles. The van der Waals surface area contributed by atoms with Gasteiger partial charge in [0.1, 0.15) is 11.3 Å². The molecule has 0 radical (unpaired) electrons. The van der Waals surface area contributed by atoms with Gasteiger partial charge < -0.3 is 9.15 Å². The zero-order valence-corrected chi connectivity index (χ0v) is 14.3. The first-order valence-electron chi connectivity index (χ1n) is 7.48. The van der Waals surface area contributed by atoms with Crippen LogP contribution in [-0.4, -0.2) is 27.1 Å². The summed E-state index contributed by atoms with van der Waals surface area (Å²) < 4.78 is 38.1. The fourth-order valence-corrected chi connectivity index (χ4v) is 3.70. The second kappa shape index (κ2) is 6.62. The van der Waals surface area contributed by atoms with Gasteiger partial charge in [0, 0.05) is 13.0 Å². The molecule has 7 heteroatoms. The minimum absolute atomic E-state index is 0.209. The van der Waals surface area contributed by atoms with Gasteiger partial charge in [-0.3, -0.25) is 0 Å². The molecule has 0 saturated heterocycles. The maximum atomic E-state index is 12.4. The molecule has 0 spiro atoms. The number of benzene rings is 2. The average molecular weight is 346 g/mol. The van der Waals surface area contributed by atoms with Crippen LogP contribution in [0, 0.1) is 6.92 Å². The Kier molecular flexibility index (Phi) is 4.55. The molecule has 0 unspecified atom stereocenters. The van der Waals surface area contributed by atoms with E-state index in [1.54, 1.807) is 26.2 Å². The van der Waals surface area contributed by atoms with Crippen LogP contribution >= 0.6 is 0 Å². The quantitative estimate of drug-likeness (QED) is 0.742. The molecular formula is C17H18N2O4S. The summed E-state index contributed by atoms with van der Waals surface area (Å²) in [6.45, 7) is 1.94. The third-order valence-corrected chi connectivity index (χ3v) is 5.26. The number of rotatable bonds is 6. The summed E-state index contributed by atoms with van der Waals surface area (Å²) in [5.41, 5.74) is 2.09. The SMILES string of the molecule is COc1ccc(S(=O)(=O)NCCc2nc3ccccc3o2)c(C)c1. The van der Waals surface area contributed by atoms with Crippen LogP contribution in [0.15, 0.2) is 51.8 Å². The summed E-state index contributed by atoms with van der Waals surface area (Å²) in [5.74, 6) is 1.13. The molecule has 1 heterocycles. The number of para-hydroxylation sites is 2. The van der Waals surface area contributed by atoms with Crippen LogP contribution in [0.25, 0.3) is 11.1 Å². The number of nitrogens with zero attached hydrogens (tertiary/aromatic N) is 1. The van der Waals surface area contributed by atoms with E-state index in [-0.39, 0.29) is 11.4 Å². The second-order valence-electron chi connectivity index (χ2n) is 5.35. The Morgan fingerprint density at radius 1 is 1.21 bits per heavy atom. The number of oxazole rings is 1. The van der Waals surface area contributed by atoms with E-state index in [0.29, 0.717) is 29.2 Å². The highest BCUT2D eigenvalue weighted by atomic mass is 32.2. The average Bonchev–Trinajstić information content (AvgIpc) is 2.96. The second-order valence-corrected chi connectivity index (χ2v) is 7.09. The minimum atomic E-state index is -3.59. The zero-order valence-electron chi connectivity index (χ0n) is 13.4. The van der Waals surface area contributed by atoms with Gasteiger partial charge in [0.2, 0.25) is 10.0 Å². The molecule has 0 aliphatic heterocycles. The summed E-state index contributed by atoms with van der Waals surface area (Å²) in [4.78, 5) is 4.56. The number of ether oxygens (including phenoxy) is 1. The molecule has 0 amide bonds. The van der Waals surface area contributed by atoms with E-state index in [2.05, 4.69) is 9.71 Å². The Morgan fingerprint density at radius 3 is 2.71 bits per heavy atom. The van der Waals surface area contributed by atoms with Crippen molar-refractivity contribution in [2.24, 2.45) is 0 Å². The van der Waals surface area contributed by atoms with Crippen molar-refractivity contribution < 1.29 is 17.6 Å². The lowest BCUT2D eigenvalue weighted by Gasteiger charge is -2.10. The molecule has 0 aliphatic carbocycles. The summed E-state index contributed by atoms with van der Waals surface area (Å²) in [5, 5.41) is 0. The van der Waals surface area contributed by atoms with Crippen LogP contribution < -0.4 is 9.46 Å². The number of nitrogens with one attached hydrogen (secondary N) is 1. The van der Waals surface area contributed by atoms with Crippen molar-refractivity contribution in [3.63, 3.8) is 0 Å². The number of hydrogen-bond donors (Lipinski definition) is 1. The van der Waals surface area contributed by atoms with E-state index in [0.717, 1.165) is 5.52 Å². The lowest BCUT2D eigenvalue weighted by atomic mass is 10.2. The lowest BCUT2D eigenvalue weighted by molar-refractivity contribution is 0.414. The van der Waals surface area contributed by atoms with Crippen molar-refractivity contribution in [3.05, 3.63) is 53.9 Å². The molecule has 1 N–H and O–H groups in total. The number of aromatic nitrogens is 1. The molecule has 0 atom stereocenters. The van der Waals surface area contributed by atoms with Crippen LogP contribution in [0.4, 0.5) is 0 Å². The molecule has 6 nitrogen and oxygen atoms in total. The molecule has 0 fully saturated rings. The van der Waals surface area contributed by atoms with Crippen molar-refractivity contribution in [3.8, 4) is 5.75 Å². The molecule has 3 aromatic rings. The first-order valence-corrected chi connectivity index (χ1v) is 8.97. The van der Waals surface area contributed by atoms with Gasteiger partial charge >= 0.3 is 0 Å². The lowest BCUT2D eigenvalue weighted by Crippen LogP contribution is -2.26. The standard InChI is InChI=1S/C17H18N2O4S/c1-12-11-13(22-2)7-8-16(12)24(20,21)18-10-9-17-19-14-5-3-4-6-15(14)23-17/h3-8,11,18H,9-10H2,1-2H3. The predicted molar refractivity (Wildman–Crippen MR) is 90.6 cm³/mol. The first-order chi connectivity index (χ1) is 11.5. The highest BCUT2D eigenvalue weighted by Gasteiger charge is 2.17. The number of sulfonamides is 1. The maximum Gasteiger partial charge on any atom is 0.240 e. The molecule has 1 aromatic heterocycles. The van der Waals surface area contributed by atoms with Crippen LogP contribution in [0.1, 0.15) is 11.5 Å². The summed E-state index contributed by atoms with van der Waals surface area (Å²) in [6, 6.07) is 12.3. The van der Waals surface area contributed by atoms with Gasteiger partial charge in [-0.05, 0) is 42.8 Å². The first kappa shape index (κ1) is 16.5. The Balaban J connectivity index is 1.69. The van der Waals surface area contributed by atoms with Gasteiger partial charge in [-0.25, -0.2) is 18.1 Å². The van der Waals surface area contributed by atoms with Crippen molar-refractivity contribution in [1.29, 1.82) is 0 Å². The van der Waals surface area contributed by atoms with Crippen LogP contribution in [0.2, 0.25) is 0 Å². The molecule has 24 heavy (non-hydrogen) atoms. The van der Waals surface area contributed by atoms with Gasteiger partial charge in [0.05, 0.1) is 12.0 Å². The van der Waals surface area contributed by atoms with Crippen LogP contribution in [0.3, 0.4) is 0 Å². The molecule has 3 rings (SSSR count). The normalized spacial score (nSPS) is 11.8. The highest BCUT2D eigenvalue weighted by Crippen LogP contribution is 2.21. The zero-order chi connectivity index (χ0) is 17.2. The highest BCUT2D eigenvalue weighted by molar-refractivity contribution is 7.89. The number of methoxy groups -OCH3 is 1. The van der Waals surface area contributed by atoms with Gasteiger partial charge in [0.15, 0.2) is 11.5 Å². The third kappa shape index (κ3) is 3.42. The Morgan fingerprint density at radius 2 is 2.00 bits per heavy atom. The van der Waals surface area contributed by atoms with Gasteiger partial charge in [-0.2, -0.15) is 0 Å². The largest absolute Gasteiger partial charge is 0.497 e. The van der Waals surface area contributed by atoms with Gasteiger partial charge in [0.25, 0.3) is 0 Å². The van der Waals surface area contributed by atoms with Crippen molar-refractivity contribution in [2.75, 3.05) is 13.7 Å². The van der Waals surface area contributed by atoms with E-state index in [1.807, 2.05) is 24.3 Å². The number of aryl methyl sites for hydroxylation is 1. The maximum absolute atomic E-state index is 12.4. The Labute approximate surface area is 140 Å². The smallest absolute Gasteiger partial charge is 0.240 e. The Bertz CT molecular complexity index is 931. The summed E-state index contributed by atoms with van der Waals surface area (Å²) >= 11 is 0. The van der Waals surface area contributed by atoms with E-state index in [9.17, 15) is 8.42 Å². The van der Waals surface area contributed by atoms with E-state index in [4.69, 9.17) is 9.15 Å². The summed E-state index contributed by atoms with van der Waals surface area (Å²) in [7, 11) is -2.05. The fourth-order valence-electron chi connectivity index (χ4n) is 2.45. The molecule has 126 valence electrons. The predicted octanol–water partition coefficient (Wildman–Crippen LogP) is 2.67. The monoisotopic (exact) mass is 346 g/mol. The third-order valence-electron chi connectivity index (χ3n) is 3.64. The molecule has 0 saturated carbocycles. The Hall–Kier alpha value is -2.38. The minimum Gasteiger partial charge on any atom is -0.497 e. The van der Waals surface area contributed by atoms with Crippen molar-refractivity contribution >= 4 is 21.1 Å². The summed E-state index contributed by atoms with van der Waals surface area (Å²) in [6.07, 6.45) is 0.378. The van der Waals surface area contributed by atoms with E-state index >= 15 is 0 Å². The van der Waals surface area contributed by atoms with Crippen molar-refractivity contribution in [1.82, 2.24) is 9.71 Å². The molecule has 0 aliphatic rings. The molecule has 0 bridgehead atoms. The fraction of sp³-hybridized carbons (Fsp3) is 0.235. The number of fused-ring (bicyclic) bond motifs is 1. The van der Waals surface area contributed by atoms with Crippen molar-refractivity contribution in [2.45, 2.75) is 18.2 Å². The van der Waals surface area contributed by atoms with Gasteiger partial charge in [-0.15, -0.1) is 0 Å². The topological polar surface area (TPSA) is 81.4 Å². The van der Waals surface area contributed by atoms with Crippen LogP contribution in [0.5, 0.6) is 5.75 Å². The van der Waals surface area contributed by atoms with E-state index in [1.165, 1.54) is 6.07 Å². The van der Waals surface area contributed by atoms with E-state index < -0.39 is 10.0 Å². The number of hydrogen-bond acceptors (Lipinski definition) is 5. The molecular weight excluding hydrogens is 328 g/mol.